The largest absolute Gasteiger partial charge is 0.459 e. The van der Waals surface area contributed by atoms with Crippen LogP contribution in [0.25, 0.3) is 0 Å². The van der Waals surface area contributed by atoms with Crippen LogP contribution >= 0.6 is 0 Å². The average molecular weight is 555 g/mol. The van der Waals surface area contributed by atoms with Crippen molar-refractivity contribution in [3.8, 4) is 0 Å². The second-order valence-electron chi connectivity index (χ2n) is 9.82. The molecule has 1 N–H and O–H groups in total. The van der Waals surface area contributed by atoms with Gasteiger partial charge in [0.25, 0.3) is 0 Å². The van der Waals surface area contributed by atoms with E-state index in [4.69, 9.17) is 23.7 Å². The summed E-state index contributed by atoms with van der Waals surface area (Å²) in [6.45, 7) is 0.590. The molecule has 5 atom stereocenters. The third-order valence-electron chi connectivity index (χ3n) is 6.83. The lowest BCUT2D eigenvalue weighted by Gasteiger charge is -2.44. The molecule has 0 saturated carbocycles. The van der Waals surface area contributed by atoms with Crippen LogP contribution in [-0.2, 0) is 43.5 Å². The van der Waals surface area contributed by atoms with Crippen molar-refractivity contribution >= 4 is 5.97 Å². The van der Waals surface area contributed by atoms with Crippen LogP contribution in [0.4, 0.5) is 0 Å². The number of hydrogen-bond donors (Lipinski definition) is 1. The number of aliphatic hydroxyl groups excluding tert-OH is 1. The molecule has 1 fully saturated rings. The molecule has 0 radical (unpaired) electrons. The molecule has 212 valence electrons. The summed E-state index contributed by atoms with van der Waals surface area (Å²) < 4.78 is 30.7. The molecule has 7 heteroatoms. The highest BCUT2D eigenvalue weighted by atomic mass is 16.7. The molecule has 5 rings (SSSR count). The van der Waals surface area contributed by atoms with Crippen molar-refractivity contribution in [2.45, 2.75) is 50.5 Å². The summed E-state index contributed by atoms with van der Waals surface area (Å²) in [5.41, 5.74) is 3.28. The van der Waals surface area contributed by atoms with E-state index in [1.807, 2.05) is 97.1 Å². The Morgan fingerprint density at radius 3 is 1.56 bits per heavy atom. The highest BCUT2D eigenvalue weighted by Crippen LogP contribution is 2.29. The van der Waals surface area contributed by atoms with Gasteiger partial charge in [0.1, 0.15) is 31.0 Å². The minimum absolute atomic E-state index is 0.184. The number of carbonyl (C=O) groups is 1. The van der Waals surface area contributed by atoms with Crippen molar-refractivity contribution in [2.24, 2.45) is 0 Å². The molecule has 7 nitrogen and oxygen atoms in total. The van der Waals surface area contributed by atoms with Crippen LogP contribution in [-0.4, -0.2) is 48.4 Å². The molecule has 1 aliphatic heterocycles. The zero-order chi connectivity index (χ0) is 28.3. The first-order valence-corrected chi connectivity index (χ1v) is 13.7. The monoisotopic (exact) mass is 554 g/mol. The number of esters is 1. The summed E-state index contributed by atoms with van der Waals surface area (Å²) in [6.07, 6.45) is -4.54. The molecule has 0 amide bonds. The van der Waals surface area contributed by atoms with Gasteiger partial charge in [-0.25, -0.2) is 4.79 Å². The van der Waals surface area contributed by atoms with Crippen LogP contribution in [0.3, 0.4) is 0 Å². The van der Waals surface area contributed by atoms with Gasteiger partial charge >= 0.3 is 5.97 Å². The van der Waals surface area contributed by atoms with Gasteiger partial charge in [-0.2, -0.15) is 0 Å². The minimum Gasteiger partial charge on any atom is -0.459 e. The molecule has 1 aliphatic rings. The highest BCUT2D eigenvalue weighted by Gasteiger charge is 2.48. The summed E-state index contributed by atoms with van der Waals surface area (Å²) in [6, 6.07) is 37.9. The van der Waals surface area contributed by atoms with Crippen LogP contribution in [0.5, 0.6) is 0 Å². The van der Waals surface area contributed by atoms with E-state index in [0.29, 0.717) is 5.56 Å². The van der Waals surface area contributed by atoms with Crippen molar-refractivity contribution in [1.29, 1.82) is 0 Å². The van der Waals surface area contributed by atoms with Crippen LogP contribution < -0.4 is 0 Å². The SMILES string of the molecule is O=C(OCC1O[C@@H](OCc2ccccc2)C(OCc2ccccc2)[C@@H](OCc2ccccc2)[C@H]1O)c1ccccc1. The van der Waals surface area contributed by atoms with Gasteiger partial charge in [-0.05, 0) is 28.8 Å². The number of benzene rings is 4. The van der Waals surface area contributed by atoms with Gasteiger partial charge in [0.05, 0.1) is 25.4 Å². The summed E-state index contributed by atoms with van der Waals surface area (Å²) in [4.78, 5) is 12.7. The maximum Gasteiger partial charge on any atom is 0.338 e. The Morgan fingerprint density at radius 2 is 1.05 bits per heavy atom. The Hall–Kier alpha value is -3.85. The summed E-state index contributed by atoms with van der Waals surface area (Å²) in [5.74, 6) is -0.507. The van der Waals surface area contributed by atoms with E-state index in [0.717, 1.165) is 16.7 Å². The second kappa shape index (κ2) is 14.7. The number of aliphatic hydroxyl groups is 1. The molecule has 41 heavy (non-hydrogen) atoms. The molecule has 0 spiro atoms. The van der Waals surface area contributed by atoms with Gasteiger partial charge in [0.2, 0.25) is 0 Å². The lowest BCUT2D eigenvalue weighted by atomic mass is 9.98. The predicted molar refractivity (Wildman–Crippen MR) is 153 cm³/mol. The zero-order valence-electron chi connectivity index (χ0n) is 22.7. The Morgan fingerprint density at radius 1 is 0.610 bits per heavy atom. The van der Waals surface area contributed by atoms with E-state index in [-0.39, 0.29) is 26.4 Å². The lowest BCUT2D eigenvalue weighted by molar-refractivity contribution is -0.322. The minimum atomic E-state index is -1.15. The standard InChI is InChI=1S/C34H34O7/c35-30-29(24-39-33(36)28-19-11-4-12-20-28)41-34(40-23-27-17-9-3-10-18-27)32(38-22-26-15-7-2-8-16-26)31(30)37-21-25-13-5-1-6-14-25/h1-20,29-32,34-35H,21-24H2/t29?,30-,31-,32?,34+/m0/s1. The fourth-order valence-electron chi connectivity index (χ4n) is 4.63. The first kappa shape index (κ1) is 28.7. The first-order chi connectivity index (χ1) is 20.2. The van der Waals surface area contributed by atoms with Crippen molar-refractivity contribution in [3.63, 3.8) is 0 Å². The third kappa shape index (κ3) is 8.10. The van der Waals surface area contributed by atoms with E-state index < -0.39 is 36.7 Å². The highest BCUT2D eigenvalue weighted by molar-refractivity contribution is 5.89. The summed E-state index contributed by atoms with van der Waals surface area (Å²) in [5, 5.41) is 11.5. The lowest BCUT2D eigenvalue weighted by Crippen LogP contribution is -2.61. The molecule has 2 unspecified atom stereocenters. The maximum atomic E-state index is 12.7. The topological polar surface area (TPSA) is 83.5 Å². The molecule has 0 aliphatic carbocycles. The van der Waals surface area contributed by atoms with Crippen molar-refractivity contribution in [3.05, 3.63) is 144 Å². The van der Waals surface area contributed by atoms with Crippen LogP contribution in [0.1, 0.15) is 27.0 Å². The smallest absolute Gasteiger partial charge is 0.338 e. The normalized spacial score (nSPS) is 22.2. The van der Waals surface area contributed by atoms with Gasteiger partial charge in [-0.1, -0.05) is 109 Å². The summed E-state index contributed by atoms with van der Waals surface area (Å²) >= 11 is 0. The summed E-state index contributed by atoms with van der Waals surface area (Å²) in [7, 11) is 0. The van der Waals surface area contributed by atoms with Crippen LogP contribution in [0, 0.1) is 0 Å². The molecule has 4 aromatic carbocycles. The Bertz CT molecular complexity index is 1320. The van der Waals surface area contributed by atoms with Gasteiger partial charge in [0, 0.05) is 0 Å². The van der Waals surface area contributed by atoms with Gasteiger partial charge in [0.15, 0.2) is 6.29 Å². The number of ether oxygens (including phenoxy) is 5. The number of rotatable bonds is 12. The maximum absolute atomic E-state index is 12.7. The Balaban J connectivity index is 1.36. The molecular weight excluding hydrogens is 520 g/mol. The quantitative estimate of drug-likeness (QED) is 0.238. The molecule has 1 heterocycles. The fourth-order valence-corrected chi connectivity index (χ4v) is 4.63. The first-order valence-electron chi connectivity index (χ1n) is 13.7. The number of hydrogen-bond acceptors (Lipinski definition) is 7. The van der Waals surface area contributed by atoms with Gasteiger partial charge < -0.3 is 28.8 Å². The predicted octanol–water partition coefficient (Wildman–Crippen LogP) is 5.32. The van der Waals surface area contributed by atoms with E-state index in [9.17, 15) is 9.90 Å². The van der Waals surface area contributed by atoms with Crippen LogP contribution in [0.15, 0.2) is 121 Å². The fraction of sp³-hybridized carbons (Fsp3) is 0.265. The molecule has 0 bridgehead atoms. The molecule has 0 aromatic heterocycles. The van der Waals surface area contributed by atoms with E-state index >= 15 is 0 Å². The Kier molecular flexibility index (Phi) is 10.3. The van der Waals surface area contributed by atoms with Crippen molar-refractivity contribution < 1.29 is 33.6 Å². The van der Waals surface area contributed by atoms with Gasteiger partial charge in [-0.15, -0.1) is 0 Å². The van der Waals surface area contributed by atoms with E-state index in [1.165, 1.54) is 0 Å². The van der Waals surface area contributed by atoms with E-state index in [1.54, 1.807) is 24.3 Å². The van der Waals surface area contributed by atoms with Gasteiger partial charge in [-0.3, -0.25) is 0 Å². The van der Waals surface area contributed by atoms with Crippen LogP contribution in [0.2, 0.25) is 0 Å². The second-order valence-corrected chi connectivity index (χ2v) is 9.82. The van der Waals surface area contributed by atoms with E-state index in [2.05, 4.69) is 0 Å². The zero-order valence-corrected chi connectivity index (χ0v) is 22.7. The number of carbonyl (C=O) groups excluding carboxylic acids is 1. The molecular formula is C34H34O7. The third-order valence-corrected chi connectivity index (χ3v) is 6.83. The van der Waals surface area contributed by atoms with Crippen molar-refractivity contribution in [2.75, 3.05) is 6.61 Å². The van der Waals surface area contributed by atoms with Crippen molar-refractivity contribution in [1.82, 2.24) is 0 Å². The molecule has 1 saturated heterocycles. The Labute approximate surface area is 240 Å². The molecule has 4 aromatic rings. The average Bonchev–Trinajstić information content (AvgIpc) is 3.04.